The maximum atomic E-state index is 5.50. The van der Waals surface area contributed by atoms with E-state index in [0.717, 1.165) is 32.0 Å². The molecule has 6 nitrogen and oxygen atoms in total. The molecule has 0 unspecified atom stereocenters. The lowest BCUT2D eigenvalue weighted by Gasteiger charge is -2.32. The molecule has 0 saturated carbocycles. The van der Waals surface area contributed by atoms with Crippen molar-refractivity contribution in [3.8, 4) is 0 Å². The number of hydrogen-bond acceptors (Lipinski definition) is 6. The van der Waals surface area contributed by atoms with Crippen LogP contribution in [0.2, 0.25) is 0 Å². The first-order chi connectivity index (χ1) is 7.24. The number of piperazine rings is 1. The summed E-state index contributed by atoms with van der Waals surface area (Å²) in [6.45, 7) is 4.10. The second kappa shape index (κ2) is 4.41. The molecule has 1 fully saturated rings. The zero-order valence-corrected chi connectivity index (χ0v) is 8.85. The zero-order chi connectivity index (χ0) is 10.7. The molecule has 0 amide bonds. The Morgan fingerprint density at radius 3 is 2.73 bits per heavy atom. The summed E-state index contributed by atoms with van der Waals surface area (Å²) in [7, 11) is 2.13. The van der Waals surface area contributed by atoms with Crippen LogP contribution in [0, 0.1) is 0 Å². The number of nitrogens with zero attached hydrogens (tertiary/aromatic N) is 4. The van der Waals surface area contributed by atoms with Crippen molar-refractivity contribution in [1.29, 1.82) is 0 Å². The van der Waals surface area contributed by atoms with Crippen molar-refractivity contribution >= 4 is 11.8 Å². The van der Waals surface area contributed by atoms with E-state index in [1.54, 1.807) is 6.20 Å². The van der Waals surface area contributed by atoms with Gasteiger partial charge in [0.15, 0.2) is 0 Å². The van der Waals surface area contributed by atoms with E-state index in [9.17, 15) is 0 Å². The Morgan fingerprint density at radius 1 is 1.33 bits per heavy atom. The van der Waals surface area contributed by atoms with E-state index in [1.165, 1.54) is 0 Å². The average molecular weight is 208 g/mol. The van der Waals surface area contributed by atoms with Gasteiger partial charge in [0.1, 0.15) is 5.82 Å². The van der Waals surface area contributed by atoms with Crippen molar-refractivity contribution in [1.82, 2.24) is 19.9 Å². The van der Waals surface area contributed by atoms with Gasteiger partial charge in [0.05, 0.1) is 0 Å². The monoisotopic (exact) mass is 208 g/mol. The first-order valence-corrected chi connectivity index (χ1v) is 5.03. The van der Waals surface area contributed by atoms with E-state index >= 15 is 0 Å². The fourth-order valence-electron chi connectivity index (χ4n) is 1.52. The summed E-state index contributed by atoms with van der Waals surface area (Å²) in [5.41, 5.74) is 8.71. The average Bonchev–Trinajstić information content (AvgIpc) is 2.22. The number of aromatic nitrogens is 2. The number of nitrogens with one attached hydrogen (secondary N) is 1. The quantitative estimate of drug-likeness (QED) is 0.691. The topological polar surface area (TPSA) is 70.3 Å². The molecule has 1 aliphatic heterocycles. The van der Waals surface area contributed by atoms with Crippen molar-refractivity contribution in [2.24, 2.45) is 0 Å². The smallest absolute Gasteiger partial charge is 0.221 e. The maximum Gasteiger partial charge on any atom is 0.221 e. The summed E-state index contributed by atoms with van der Waals surface area (Å²) in [5.74, 6) is 1.06. The molecule has 0 bridgehead atoms. The number of rotatable bonds is 2. The number of nitrogen functional groups attached to an aromatic ring is 1. The van der Waals surface area contributed by atoms with Gasteiger partial charge in [-0.15, -0.1) is 0 Å². The summed E-state index contributed by atoms with van der Waals surface area (Å²) in [6.07, 6.45) is 1.65. The Hall–Kier alpha value is -1.40. The fourth-order valence-corrected chi connectivity index (χ4v) is 1.52. The summed E-state index contributed by atoms with van der Waals surface area (Å²) < 4.78 is 0. The van der Waals surface area contributed by atoms with E-state index in [4.69, 9.17) is 5.73 Å². The number of hydrazine groups is 1. The van der Waals surface area contributed by atoms with E-state index in [1.807, 2.05) is 6.07 Å². The Morgan fingerprint density at radius 2 is 2.07 bits per heavy atom. The highest BCUT2D eigenvalue weighted by molar-refractivity contribution is 5.36. The first kappa shape index (κ1) is 10.1. The minimum Gasteiger partial charge on any atom is -0.368 e. The zero-order valence-electron chi connectivity index (χ0n) is 8.85. The third-order valence-corrected chi connectivity index (χ3v) is 2.45. The largest absolute Gasteiger partial charge is 0.368 e. The summed E-state index contributed by atoms with van der Waals surface area (Å²) >= 11 is 0. The van der Waals surface area contributed by atoms with Crippen LogP contribution in [0.15, 0.2) is 12.3 Å². The molecule has 2 rings (SSSR count). The van der Waals surface area contributed by atoms with Crippen molar-refractivity contribution < 1.29 is 0 Å². The van der Waals surface area contributed by atoms with Crippen LogP contribution in [0.1, 0.15) is 0 Å². The van der Waals surface area contributed by atoms with Crippen LogP contribution in [0.3, 0.4) is 0 Å². The molecule has 0 spiro atoms. The Bertz CT molecular complexity index is 320. The van der Waals surface area contributed by atoms with Crippen LogP contribution in [0.25, 0.3) is 0 Å². The minimum absolute atomic E-state index is 0.300. The molecule has 1 saturated heterocycles. The van der Waals surface area contributed by atoms with Gasteiger partial charge in [0.2, 0.25) is 5.95 Å². The standard InChI is InChI=1S/C9H16N6/c1-14-4-6-15(7-5-14)13-8-2-3-11-9(10)12-8/h2-3H,4-7H2,1H3,(H3,10,11,12,13). The molecule has 1 aliphatic rings. The molecule has 82 valence electrons. The van der Waals surface area contributed by atoms with Crippen molar-refractivity contribution in [2.75, 3.05) is 44.4 Å². The molecule has 0 aromatic carbocycles. The van der Waals surface area contributed by atoms with Gasteiger partial charge in [-0.05, 0) is 7.05 Å². The highest BCUT2D eigenvalue weighted by Crippen LogP contribution is 2.06. The molecule has 0 aliphatic carbocycles. The lowest BCUT2D eigenvalue weighted by Crippen LogP contribution is -2.47. The second-order valence-electron chi connectivity index (χ2n) is 3.70. The fraction of sp³-hybridized carbons (Fsp3) is 0.556. The van der Waals surface area contributed by atoms with Gasteiger partial charge in [0, 0.05) is 38.4 Å². The number of anilines is 2. The van der Waals surface area contributed by atoms with Gasteiger partial charge in [-0.3, -0.25) is 0 Å². The summed E-state index contributed by atoms with van der Waals surface area (Å²) in [6, 6.07) is 1.81. The number of nitrogens with two attached hydrogens (primary N) is 1. The maximum absolute atomic E-state index is 5.50. The molecule has 2 heterocycles. The molecule has 1 aromatic heterocycles. The molecular formula is C9H16N6. The second-order valence-corrected chi connectivity index (χ2v) is 3.70. The normalized spacial score (nSPS) is 19.0. The van der Waals surface area contributed by atoms with Crippen LogP contribution in [-0.4, -0.2) is 53.1 Å². The SMILES string of the molecule is CN1CCN(Nc2ccnc(N)n2)CC1. The van der Waals surface area contributed by atoms with Crippen LogP contribution < -0.4 is 11.2 Å². The van der Waals surface area contributed by atoms with Crippen LogP contribution in [0.4, 0.5) is 11.8 Å². The van der Waals surface area contributed by atoms with Crippen LogP contribution in [0.5, 0.6) is 0 Å². The van der Waals surface area contributed by atoms with Crippen LogP contribution >= 0.6 is 0 Å². The van der Waals surface area contributed by atoms with E-state index in [-0.39, 0.29) is 0 Å². The van der Waals surface area contributed by atoms with Crippen molar-refractivity contribution in [3.05, 3.63) is 12.3 Å². The molecule has 1 aromatic rings. The molecule has 0 radical (unpaired) electrons. The van der Waals surface area contributed by atoms with Crippen molar-refractivity contribution in [3.63, 3.8) is 0 Å². The van der Waals surface area contributed by atoms with E-state index < -0.39 is 0 Å². The van der Waals surface area contributed by atoms with E-state index in [0.29, 0.717) is 5.95 Å². The molecular weight excluding hydrogens is 192 g/mol. The lowest BCUT2D eigenvalue weighted by molar-refractivity contribution is 0.178. The Balaban J connectivity index is 1.92. The van der Waals surface area contributed by atoms with Crippen molar-refractivity contribution in [2.45, 2.75) is 0 Å². The first-order valence-electron chi connectivity index (χ1n) is 5.03. The molecule has 6 heteroatoms. The molecule has 0 atom stereocenters. The van der Waals surface area contributed by atoms with Gasteiger partial charge in [-0.25, -0.2) is 9.99 Å². The third-order valence-electron chi connectivity index (χ3n) is 2.45. The van der Waals surface area contributed by atoms with Gasteiger partial charge >= 0.3 is 0 Å². The minimum atomic E-state index is 0.300. The highest BCUT2D eigenvalue weighted by atomic mass is 15.5. The summed E-state index contributed by atoms with van der Waals surface area (Å²) in [4.78, 5) is 10.2. The lowest BCUT2D eigenvalue weighted by atomic mass is 10.4. The molecule has 15 heavy (non-hydrogen) atoms. The number of likely N-dealkylation sites (N-methyl/N-ethyl adjacent to an activating group) is 1. The van der Waals surface area contributed by atoms with Gasteiger partial charge in [-0.1, -0.05) is 0 Å². The predicted octanol–water partition coefficient (Wildman–Crippen LogP) is -0.367. The highest BCUT2D eigenvalue weighted by Gasteiger charge is 2.13. The van der Waals surface area contributed by atoms with E-state index in [2.05, 4.69) is 32.4 Å². The summed E-state index contributed by atoms with van der Waals surface area (Å²) in [5, 5.41) is 2.14. The Kier molecular flexibility index (Phi) is 2.98. The Labute approximate surface area is 89.1 Å². The van der Waals surface area contributed by atoms with Crippen LogP contribution in [-0.2, 0) is 0 Å². The molecule has 3 N–H and O–H groups in total. The van der Waals surface area contributed by atoms with Gasteiger partial charge in [0.25, 0.3) is 0 Å². The predicted molar refractivity (Wildman–Crippen MR) is 59.1 cm³/mol. The number of hydrogen-bond donors (Lipinski definition) is 2. The van der Waals surface area contributed by atoms with Gasteiger partial charge < -0.3 is 16.1 Å². The third kappa shape index (κ3) is 2.77. The van der Waals surface area contributed by atoms with Gasteiger partial charge in [-0.2, -0.15) is 4.98 Å².